The molecule has 0 saturated heterocycles. The van der Waals surface area contributed by atoms with Crippen LogP contribution in [0.2, 0.25) is 0 Å². The average molecular weight is 449 g/mol. The summed E-state index contributed by atoms with van der Waals surface area (Å²) in [6.07, 6.45) is 0. The number of carbonyl (C=O) groups is 1. The van der Waals surface area contributed by atoms with Gasteiger partial charge in [0, 0.05) is 30.3 Å². The first-order valence-electron chi connectivity index (χ1n) is 10.1. The number of hydrogen-bond donors (Lipinski definition) is 1. The van der Waals surface area contributed by atoms with Crippen LogP contribution >= 0.6 is 0 Å². The summed E-state index contributed by atoms with van der Waals surface area (Å²) < 4.78 is 44.6. The van der Waals surface area contributed by atoms with Crippen molar-refractivity contribution in [1.29, 1.82) is 0 Å². The topological polar surface area (TPSA) is 94.2 Å². The van der Waals surface area contributed by atoms with Crippen LogP contribution in [0.3, 0.4) is 0 Å². The quantitative estimate of drug-likeness (QED) is 0.667. The zero-order valence-electron chi connectivity index (χ0n) is 18.2. The molecule has 0 bridgehead atoms. The molecule has 0 fully saturated rings. The van der Waals surface area contributed by atoms with Crippen LogP contribution in [-0.4, -0.2) is 52.1 Å². The Morgan fingerprint density at radius 2 is 1.94 bits per heavy atom. The van der Waals surface area contributed by atoms with Crippen molar-refractivity contribution >= 4 is 15.9 Å². The highest BCUT2D eigenvalue weighted by Gasteiger charge is 2.25. The first-order chi connectivity index (χ1) is 14.8. The maximum Gasteiger partial charge on any atom is 0.254 e. The molecule has 3 rings (SSSR count). The largest absolute Gasteiger partial charge is 0.495 e. The Bertz CT molecular complexity index is 1050. The van der Waals surface area contributed by atoms with E-state index in [1.807, 2.05) is 25.1 Å². The van der Waals surface area contributed by atoms with Gasteiger partial charge in [0.05, 0.1) is 7.11 Å². The molecule has 1 N–H and O–H groups in total. The molecule has 9 heteroatoms. The summed E-state index contributed by atoms with van der Waals surface area (Å²) in [5, 5.41) is 0. The molecule has 0 atom stereocenters. The predicted molar refractivity (Wildman–Crippen MR) is 116 cm³/mol. The minimum atomic E-state index is -3.84. The normalized spacial score (nSPS) is 13.2. The lowest BCUT2D eigenvalue weighted by Gasteiger charge is -2.25. The zero-order chi connectivity index (χ0) is 22.6. The van der Waals surface area contributed by atoms with Crippen molar-refractivity contribution in [3.63, 3.8) is 0 Å². The number of rotatable bonds is 8. The Kier molecular flexibility index (Phi) is 7.07. The maximum atomic E-state index is 13.2. The van der Waals surface area contributed by atoms with Crippen LogP contribution in [-0.2, 0) is 16.6 Å². The summed E-state index contributed by atoms with van der Waals surface area (Å²) in [6, 6.07) is 9.70. The lowest BCUT2D eigenvalue weighted by atomic mass is 10.1. The predicted octanol–water partition coefficient (Wildman–Crippen LogP) is 2.82. The van der Waals surface area contributed by atoms with Crippen LogP contribution in [0.1, 0.15) is 36.7 Å². The van der Waals surface area contributed by atoms with Gasteiger partial charge in [0.25, 0.3) is 5.91 Å². The number of nitrogens with zero attached hydrogens (tertiary/aromatic N) is 1. The highest BCUT2D eigenvalue weighted by molar-refractivity contribution is 7.89. The van der Waals surface area contributed by atoms with Gasteiger partial charge in [-0.2, -0.15) is 0 Å². The molecule has 1 heterocycles. The smallest absolute Gasteiger partial charge is 0.254 e. The van der Waals surface area contributed by atoms with Crippen molar-refractivity contribution in [2.24, 2.45) is 0 Å². The van der Waals surface area contributed by atoms with Gasteiger partial charge in [-0.05, 0) is 45.0 Å². The first kappa shape index (κ1) is 22.9. The number of carbonyl (C=O) groups excluding carboxylic acids is 1. The fraction of sp³-hybridized carbons (Fsp3) is 0.409. The van der Waals surface area contributed by atoms with Crippen molar-refractivity contribution in [2.45, 2.75) is 38.3 Å². The van der Waals surface area contributed by atoms with E-state index in [1.54, 1.807) is 24.8 Å². The van der Waals surface area contributed by atoms with Gasteiger partial charge in [-0.25, -0.2) is 13.1 Å². The summed E-state index contributed by atoms with van der Waals surface area (Å²) in [5.41, 5.74) is 1.09. The minimum absolute atomic E-state index is 0.0700. The number of methoxy groups -OCH3 is 1. The fourth-order valence-electron chi connectivity index (χ4n) is 3.37. The molecule has 0 spiro atoms. The zero-order valence-corrected chi connectivity index (χ0v) is 19.0. The maximum absolute atomic E-state index is 13.2. The Labute approximate surface area is 183 Å². The SMILES string of the molecule is CCN(Cc1cccc2c1OCCO2)C(=O)c1ccc(OC)c(S(=O)(=O)NC(C)C)c1. The van der Waals surface area contributed by atoms with Crippen LogP contribution in [0.15, 0.2) is 41.3 Å². The van der Waals surface area contributed by atoms with Gasteiger partial charge in [0.15, 0.2) is 11.5 Å². The number of para-hydroxylation sites is 1. The summed E-state index contributed by atoms with van der Waals surface area (Å²) in [4.78, 5) is 14.8. The van der Waals surface area contributed by atoms with Crippen LogP contribution in [0.4, 0.5) is 0 Å². The van der Waals surface area contributed by atoms with E-state index in [0.29, 0.717) is 37.8 Å². The van der Waals surface area contributed by atoms with Gasteiger partial charge in [-0.3, -0.25) is 4.79 Å². The highest BCUT2D eigenvalue weighted by atomic mass is 32.2. The minimum Gasteiger partial charge on any atom is -0.495 e. The molecule has 1 aliphatic rings. The summed E-state index contributed by atoms with van der Waals surface area (Å²) in [7, 11) is -2.45. The third-order valence-corrected chi connectivity index (χ3v) is 6.45. The van der Waals surface area contributed by atoms with Crippen molar-refractivity contribution in [2.75, 3.05) is 26.9 Å². The molecule has 0 radical (unpaired) electrons. The highest BCUT2D eigenvalue weighted by Crippen LogP contribution is 2.34. The molecule has 2 aromatic rings. The van der Waals surface area contributed by atoms with Gasteiger partial charge in [0.1, 0.15) is 23.9 Å². The third kappa shape index (κ3) is 5.11. The van der Waals surface area contributed by atoms with E-state index in [-0.39, 0.29) is 28.2 Å². The second kappa shape index (κ2) is 9.57. The number of nitrogens with one attached hydrogen (secondary N) is 1. The van der Waals surface area contributed by atoms with E-state index in [1.165, 1.54) is 19.2 Å². The van der Waals surface area contributed by atoms with E-state index in [0.717, 1.165) is 5.56 Å². The fourth-order valence-corrected chi connectivity index (χ4v) is 4.81. The molecule has 0 aromatic heterocycles. The van der Waals surface area contributed by atoms with Crippen LogP contribution in [0, 0.1) is 0 Å². The second-order valence-electron chi connectivity index (χ2n) is 7.40. The van der Waals surface area contributed by atoms with Crippen LogP contribution in [0.5, 0.6) is 17.2 Å². The van der Waals surface area contributed by atoms with Gasteiger partial charge < -0.3 is 19.1 Å². The van der Waals surface area contributed by atoms with E-state index in [2.05, 4.69) is 4.72 Å². The molecular formula is C22H28N2O6S. The number of benzene rings is 2. The lowest BCUT2D eigenvalue weighted by Crippen LogP contribution is -2.32. The van der Waals surface area contributed by atoms with Crippen molar-refractivity contribution in [1.82, 2.24) is 9.62 Å². The Morgan fingerprint density at radius 3 is 2.61 bits per heavy atom. The second-order valence-corrected chi connectivity index (χ2v) is 9.08. The number of amides is 1. The van der Waals surface area contributed by atoms with E-state index in [4.69, 9.17) is 14.2 Å². The molecule has 1 amide bonds. The van der Waals surface area contributed by atoms with Crippen LogP contribution in [0.25, 0.3) is 0 Å². The number of fused-ring (bicyclic) bond motifs is 1. The molecule has 31 heavy (non-hydrogen) atoms. The van der Waals surface area contributed by atoms with Crippen molar-refractivity contribution in [3.05, 3.63) is 47.5 Å². The van der Waals surface area contributed by atoms with Crippen molar-refractivity contribution < 1.29 is 27.4 Å². The summed E-state index contributed by atoms with van der Waals surface area (Å²) in [6.45, 7) is 7.00. The Hall–Kier alpha value is -2.78. The van der Waals surface area contributed by atoms with Gasteiger partial charge in [-0.15, -0.1) is 0 Å². The number of hydrogen-bond acceptors (Lipinski definition) is 6. The van der Waals surface area contributed by atoms with E-state index >= 15 is 0 Å². The number of ether oxygens (including phenoxy) is 3. The monoisotopic (exact) mass is 448 g/mol. The molecule has 2 aromatic carbocycles. The first-order valence-corrected chi connectivity index (χ1v) is 11.6. The standard InChI is InChI=1S/C22H28N2O6S/c1-5-24(14-17-7-6-8-19-21(17)30-12-11-29-19)22(25)16-9-10-18(28-4)20(13-16)31(26,27)23-15(2)3/h6-10,13,15,23H,5,11-12,14H2,1-4H3. The number of sulfonamides is 1. The molecule has 0 saturated carbocycles. The van der Waals surface area contributed by atoms with Crippen molar-refractivity contribution in [3.8, 4) is 17.2 Å². The van der Waals surface area contributed by atoms with Crippen LogP contribution < -0.4 is 18.9 Å². The lowest BCUT2D eigenvalue weighted by molar-refractivity contribution is 0.0749. The Balaban J connectivity index is 1.92. The van der Waals surface area contributed by atoms with Gasteiger partial charge in [-0.1, -0.05) is 12.1 Å². The van der Waals surface area contributed by atoms with Gasteiger partial charge >= 0.3 is 0 Å². The molecule has 168 valence electrons. The van der Waals surface area contributed by atoms with E-state index < -0.39 is 10.0 Å². The molecule has 0 aliphatic carbocycles. The third-order valence-electron chi connectivity index (χ3n) is 4.77. The average Bonchev–Trinajstić information content (AvgIpc) is 2.75. The molecule has 1 aliphatic heterocycles. The molecular weight excluding hydrogens is 420 g/mol. The Morgan fingerprint density at radius 1 is 1.19 bits per heavy atom. The van der Waals surface area contributed by atoms with Gasteiger partial charge in [0.2, 0.25) is 10.0 Å². The van der Waals surface area contributed by atoms with E-state index in [9.17, 15) is 13.2 Å². The summed E-state index contributed by atoms with van der Waals surface area (Å²) >= 11 is 0. The molecule has 8 nitrogen and oxygen atoms in total. The molecule has 0 unspecified atom stereocenters. The summed E-state index contributed by atoms with van der Waals surface area (Å²) in [5.74, 6) is 1.18.